The van der Waals surface area contributed by atoms with Crippen LogP contribution in [0.3, 0.4) is 0 Å². The molecule has 1 aliphatic rings. The first kappa shape index (κ1) is 22.0. The summed E-state index contributed by atoms with van der Waals surface area (Å²) in [6.07, 6.45) is 0. The molecule has 1 aliphatic heterocycles. The SMILES string of the molecule is CC(=O)N1Cc2[nH]c(=O)c3cc(F)ccc3c2C(N(C)C(=O)Nc2ccc(F)c(C#N)c2)C1. The number of H-pyrrole nitrogens is 1. The average molecular weight is 451 g/mol. The average Bonchev–Trinajstić information content (AvgIpc) is 2.79. The van der Waals surface area contributed by atoms with E-state index in [4.69, 9.17) is 5.26 Å². The summed E-state index contributed by atoms with van der Waals surface area (Å²) in [6.45, 7) is 1.68. The lowest BCUT2D eigenvalue weighted by atomic mass is 9.93. The number of nitrogens with zero attached hydrogens (tertiary/aromatic N) is 3. The molecule has 1 aromatic heterocycles. The van der Waals surface area contributed by atoms with Crippen molar-refractivity contribution in [2.45, 2.75) is 19.5 Å². The van der Waals surface area contributed by atoms with Crippen LogP contribution in [0.1, 0.15) is 29.8 Å². The first-order chi connectivity index (χ1) is 15.7. The number of hydrogen-bond donors (Lipinski definition) is 2. The first-order valence-electron chi connectivity index (χ1n) is 10.0. The molecule has 0 spiro atoms. The zero-order valence-electron chi connectivity index (χ0n) is 17.8. The lowest BCUT2D eigenvalue weighted by molar-refractivity contribution is -0.130. The number of aromatic amines is 1. The maximum atomic E-state index is 13.8. The topological polar surface area (TPSA) is 109 Å². The van der Waals surface area contributed by atoms with Crippen molar-refractivity contribution in [3.05, 3.63) is 75.2 Å². The van der Waals surface area contributed by atoms with E-state index in [1.807, 2.05) is 0 Å². The highest BCUT2D eigenvalue weighted by atomic mass is 19.1. The predicted octanol–water partition coefficient (Wildman–Crippen LogP) is 3.25. The lowest BCUT2D eigenvalue weighted by Crippen LogP contribution is -2.46. The number of nitriles is 1. The minimum atomic E-state index is -0.704. The van der Waals surface area contributed by atoms with E-state index in [1.165, 1.54) is 48.0 Å². The Morgan fingerprint density at radius 3 is 2.67 bits per heavy atom. The zero-order chi connectivity index (χ0) is 23.9. The van der Waals surface area contributed by atoms with Gasteiger partial charge in [-0.05, 0) is 35.7 Å². The number of fused-ring (bicyclic) bond motifs is 3. The standard InChI is InChI=1S/C23H19F2N5O3/c1-12(31)30-10-19-21(16-5-3-14(24)8-17(16)22(32)28-19)20(11-30)29(2)23(33)27-15-4-6-18(25)13(7-15)9-26/h3-8,20H,10-11H2,1-2H3,(H,27,33)(H,28,32). The molecule has 4 rings (SSSR count). The van der Waals surface area contributed by atoms with Gasteiger partial charge in [-0.3, -0.25) is 9.59 Å². The highest BCUT2D eigenvalue weighted by Gasteiger charge is 2.34. The number of benzene rings is 2. The second-order valence-corrected chi connectivity index (χ2v) is 7.80. The Kier molecular flexibility index (Phi) is 5.55. The fraction of sp³-hybridized carbons (Fsp3) is 0.217. The Labute approximate surface area is 187 Å². The van der Waals surface area contributed by atoms with Gasteiger partial charge >= 0.3 is 6.03 Å². The van der Waals surface area contributed by atoms with Gasteiger partial charge < -0.3 is 20.1 Å². The molecular weight excluding hydrogens is 432 g/mol. The number of hydrogen-bond acceptors (Lipinski definition) is 4. The van der Waals surface area contributed by atoms with Gasteiger partial charge in [0.15, 0.2) is 0 Å². The molecular formula is C23H19F2N5O3. The van der Waals surface area contributed by atoms with E-state index >= 15 is 0 Å². The normalized spacial score (nSPS) is 15.0. The Morgan fingerprint density at radius 1 is 1.21 bits per heavy atom. The third-order valence-electron chi connectivity index (χ3n) is 5.75. The van der Waals surface area contributed by atoms with Crippen molar-refractivity contribution in [1.29, 1.82) is 5.26 Å². The highest BCUT2D eigenvalue weighted by Crippen LogP contribution is 2.34. The van der Waals surface area contributed by atoms with Gasteiger partial charge in [-0.25, -0.2) is 13.6 Å². The van der Waals surface area contributed by atoms with Gasteiger partial charge in [0.1, 0.15) is 17.7 Å². The Morgan fingerprint density at radius 2 is 1.97 bits per heavy atom. The van der Waals surface area contributed by atoms with E-state index < -0.39 is 29.3 Å². The number of aromatic nitrogens is 1. The van der Waals surface area contributed by atoms with E-state index in [1.54, 1.807) is 6.07 Å². The van der Waals surface area contributed by atoms with Gasteiger partial charge in [-0.15, -0.1) is 0 Å². The largest absolute Gasteiger partial charge is 0.335 e. The predicted molar refractivity (Wildman–Crippen MR) is 116 cm³/mol. The molecule has 33 heavy (non-hydrogen) atoms. The summed E-state index contributed by atoms with van der Waals surface area (Å²) < 4.78 is 27.4. The molecule has 0 aliphatic carbocycles. The number of rotatable bonds is 2. The summed E-state index contributed by atoms with van der Waals surface area (Å²) in [5.41, 5.74) is 0.578. The first-order valence-corrected chi connectivity index (χ1v) is 10.0. The van der Waals surface area contributed by atoms with Crippen LogP contribution in [0.25, 0.3) is 10.8 Å². The summed E-state index contributed by atoms with van der Waals surface area (Å²) in [7, 11) is 1.52. The number of halogens is 2. The number of pyridine rings is 1. The number of likely N-dealkylation sites (N-methyl/N-ethyl adjacent to an activating group) is 1. The van der Waals surface area contributed by atoms with Crippen LogP contribution in [0.15, 0.2) is 41.2 Å². The molecule has 10 heteroatoms. The summed E-state index contributed by atoms with van der Waals surface area (Å²) in [6, 6.07) is 7.94. The quantitative estimate of drug-likeness (QED) is 0.623. The summed E-state index contributed by atoms with van der Waals surface area (Å²) in [5, 5.41) is 12.3. The molecule has 0 saturated carbocycles. The van der Waals surface area contributed by atoms with Crippen molar-refractivity contribution in [1.82, 2.24) is 14.8 Å². The fourth-order valence-corrected chi connectivity index (χ4v) is 4.03. The van der Waals surface area contributed by atoms with E-state index in [9.17, 15) is 23.2 Å². The van der Waals surface area contributed by atoms with Crippen molar-refractivity contribution in [3.8, 4) is 6.07 Å². The monoisotopic (exact) mass is 451 g/mol. The Balaban J connectivity index is 1.76. The van der Waals surface area contributed by atoms with Gasteiger partial charge in [0.05, 0.1) is 23.5 Å². The van der Waals surface area contributed by atoms with Crippen LogP contribution < -0.4 is 10.9 Å². The molecule has 168 valence electrons. The minimum absolute atomic E-state index is 0.140. The number of nitrogens with one attached hydrogen (secondary N) is 2. The van der Waals surface area contributed by atoms with Gasteiger partial charge in [-0.1, -0.05) is 6.07 Å². The third-order valence-corrected chi connectivity index (χ3v) is 5.75. The van der Waals surface area contributed by atoms with E-state index in [0.29, 0.717) is 16.6 Å². The zero-order valence-corrected chi connectivity index (χ0v) is 17.8. The van der Waals surface area contributed by atoms with E-state index in [2.05, 4.69) is 10.3 Å². The lowest BCUT2D eigenvalue weighted by Gasteiger charge is -2.39. The van der Waals surface area contributed by atoms with Crippen LogP contribution in [-0.2, 0) is 11.3 Å². The van der Waals surface area contributed by atoms with Crippen LogP contribution >= 0.6 is 0 Å². The molecule has 2 N–H and O–H groups in total. The van der Waals surface area contributed by atoms with Crippen LogP contribution in [0, 0.1) is 23.0 Å². The van der Waals surface area contributed by atoms with Gasteiger partial charge in [0.25, 0.3) is 5.56 Å². The number of anilines is 1. The highest BCUT2D eigenvalue weighted by molar-refractivity contribution is 5.91. The molecule has 0 radical (unpaired) electrons. The molecule has 2 aromatic carbocycles. The van der Waals surface area contributed by atoms with Gasteiger partial charge in [0, 0.05) is 37.5 Å². The summed E-state index contributed by atoms with van der Waals surface area (Å²) in [5.74, 6) is -1.51. The third kappa shape index (κ3) is 4.01. The van der Waals surface area contributed by atoms with E-state index in [0.717, 1.165) is 12.1 Å². The summed E-state index contributed by atoms with van der Waals surface area (Å²) >= 11 is 0. The van der Waals surface area contributed by atoms with Gasteiger partial charge in [-0.2, -0.15) is 5.26 Å². The molecule has 8 nitrogen and oxygen atoms in total. The van der Waals surface area contributed by atoms with Gasteiger partial charge in [0.2, 0.25) is 5.91 Å². The molecule has 0 saturated heterocycles. The molecule has 1 unspecified atom stereocenters. The smallest absolute Gasteiger partial charge is 0.322 e. The number of urea groups is 1. The molecule has 1 atom stereocenters. The van der Waals surface area contributed by atoms with Crippen molar-refractivity contribution in [2.75, 3.05) is 18.9 Å². The van der Waals surface area contributed by atoms with Crippen molar-refractivity contribution in [2.24, 2.45) is 0 Å². The summed E-state index contributed by atoms with van der Waals surface area (Å²) in [4.78, 5) is 43.3. The number of carbonyl (C=O) groups excluding carboxylic acids is 2. The maximum absolute atomic E-state index is 13.8. The Hall–Kier alpha value is -4.26. The molecule has 2 heterocycles. The second-order valence-electron chi connectivity index (χ2n) is 7.80. The van der Waals surface area contributed by atoms with Crippen molar-refractivity contribution < 1.29 is 18.4 Å². The van der Waals surface area contributed by atoms with Crippen molar-refractivity contribution >= 4 is 28.4 Å². The van der Waals surface area contributed by atoms with Crippen LogP contribution in [-0.4, -0.2) is 40.3 Å². The second kappa shape index (κ2) is 8.35. The fourth-order valence-electron chi connectivity index (χ4n) is 4.03. The molecule has 0 fully saturated rings. The van der Waals surface area contributed by atoms with Crippen LogP contribution in [0.2, 0.25) is 0 Å². The minimum Gasteiger partial charge on any atom is -0.335 e. The number of amides is 3. The Bertz CT molecular complexity index is 1400. The number of carbonyl (C=O) groups is 2. The molecule has 0 bridgehead atoms. The maximum Gasteiger partial charge on any atom is 0.322 e. The van der Waals surface area contributed by atoms with Crippen molar-refractivity contribution in [3.63, 3.8) is 0 Å². The van der Waals surface area contributed by atoms with Crippen LogP contribution in [0.4, 0.5) is 19.3 Å². The van der Waals surface area contributed by atoms with Crippen LogP contribution in [0.5, 0.6) is 0 Å². The molecule has 3 amide bonds. The van der Waals surface area contributed by atoms with E-state index in [-0.39, 0.29) is 35.6 Å². The molecule has 3 aromatic rings.